The van der Waals surface area contributed by atoms with Gasteiger partial charge in [0.05, 0.1) is 6.54 Å². The molecule has 0 aliphatic heterocycles. The molecule has 0 radical (unpaired) electrons. The molecule has 0 bridgehead atoms. The summed E-state index contributed by atoms with van der Waals surface area (Å²) in [7, 11) is 0. The van der Waals surface area contributed by atoms with E-state index >= 15 is 0 Å². The van der Waals surface area contributed by atoms with E-state index < -0.39 is 0 Å². The van der Waals surface area contributed by atoms with Gasteiger partial charge in [0, 0.05) is 30.7 Å². The third-order valence-electron chi connectivity index (χ3n) is 3.29. The van der Waals surface area contributed by atoms with E-state index in [9.17, 15) is 4.79 Å². The summed E-state index contributed by atoms with van der Waals surface area (Å²) >= 11 is 0. The average molecular weight is 302 g/mol. The maximum atomic E-state index is 11.8. The van der Waals surface area contributed by atoms with E-state index in [0.717, 1.165) is 17.7 Å². The van der Waals surface area contributed by atoms with Crippen LogP contribution in [0.15, 0.2) is 42.7 Å². The maximum Gasteiger partial charge on any atom is 0.319 e. The maximum absolute atomic E-state index is 11.8. The Morgan fingerprint density at radius 1 is 1.36 bits per heavy atom. The second kappa shape index (κ2) is 8.19. The zero-order valence-corrected chi connectivity index (χ0v) is 12.7. The van der Waals surface area contributed by atoms with E-state index in [-0.39, 0.29) is 18.7 Å². The Hall–Kier alpha value is -2.34. The van der Waals surface area contributed by atoms with E-state index in [2.05, 4.69) is 15.7 Å². The lowest BCUT2D eigenvalue weighted by molar-refractivity contribution is 0.245. The summed E-state index contributed by atoms with van der Waals surface area (Å²) in [4.78, 5) is 11.8. The number of aliphatic hydroxyl groups excluding tert-OH is 1. The second-order valence-corrected chi connectivity index (χ2v) is 5.27. The molecule has 118 valence electrons. The van der Waals surface area contributed by atoms with Crippen molar-refractivity contribution in [1.29, 1.82) is 0 Å². The number of nitrogens with zero attached hydrogens (tertiary/aromatic N) is 2. The molecule has 3 N–H and O–H groups in total. The normalized spacial score (nSPS) is 11.9. The van der Waals surface area contributed by atoms with Crippen LogP contribution in [0.4, 0.5) is 10.5 Å². The SMILES string of the molecule is CC(CCCO)NC(=O)Nc1ccc(Cn2cccn2)cc1. The number of hydrogen-bond acceptors (Lipinski definition) is 3. The molecule has 2 aromatic rings. The number of benzene rings is 1. The minimum Gasteiger partial charge on any atom is -0.396 e. The molecular formula is C16H22N4O2. The van der Waals surface area contributed by atoms with Gasteiger partial charge < -0.3 is 15.7 Å². The molecule has 1 aromatic heterocycles. The zero-order valence-electron chi connectivity index (χ0n) is 12.7. The van der Waals surface area contributed by atoms with E-state index in [1.807, 2.05) is 48.1 Å². The number of hydrogen-bond donors (Lipinski definition) is 3. The number of carbonyl (C=O) groups is 1. The Kier molecular flexibility index (Phi) is 5.97. The van der Waals surface area contributed by atoms with Gasteiger partial charge in [-0.3, -0.25) is 4.68 Å². The summed E-state index contributed by atoms with van der Waals surface area (Å²) in [5.41, 5.74) is 1.86. The predicted molar refractivity (Wildman–Crippen MR) is 85.7 cm³/mol. The van der Waals surface area contributed by atoms with Crippen molar-refractivity contribution in [3.63, 3.8) is 0 Å². The second-order valence-electron chi connectivity index (χ2n) is 5.27. The molecule has 6 nitrogen and oxygen atoms in total. The molecule has 1 heterocycles. The standard InChI is InChI=1S/C16H22N4O2/c1-13(4-2-11-21)18-16(22)19-15-7-5-14(6-8-15)12-20-10-3-9-17-20/h3,5-10,13,21H,2,4,11-12H2,1H3,(H2,18,19,22). The highest BCUT2D eigenvalue weighted by Crippen LogP contribution is 2.10. The fourth-order valence-electron chi connectivity index (χ4n) is 2.14. The Bertz CT molecular complexity index is 566. The van der Waals surface area contributed by atoms with Crippen molar-refractivity contribution in [2.24, 2.45) is 0 Å². The Morgan fingerprint density at radius 3 is 2.77 bits per heavy atom. The first-order valence-electron chi connectivity index (χ1n) is 7.42. The summed E-state index contributed by atoms with van der Waals surface area (Å²) in [5, 5.41) is 18.6. The number of aliphatic hydroxyl groups is 1. The lowest BCUT2D eigenvalue weighted by Crippen LogP contribution is -2.36. The molecule has 1 unspecified atom stereocenters. The van der Waals surface area contributed by atoms with Crippen molar-refractivity contribution < 1.29 is 9.90 Å². The molecule has 0 saturated carbocycles. The molecule has 1 aromatic carbocycles. The van der Waals surface area contributed by atoms with Crippen LogP contribution in [0.1, 0.15) is 25.3 Å². The highest BCUT2D eigenvalue weighted by molar-refractivity contribution is 5.89. The van der Waals surface area contributed by atoms with E-state index in [0.29, 0.717) is 13.0 Å². The zero-order chi connectivity index (χ0) is 15.8. The van der Waals surface area contributed by atoms with Gasteiger partial charge in [0.15, 0.2) is 0 Å². The van der Waals surface area contributed by atoms with Crippen LogP contribution in [0, 0.1) is 0 Å². The number of carbonyl (C=O) groups excluding carboxylic acids is 1. The summed E-state index contributed by atoms with van der Waals surface area (Å²) < 4.78 is 1.85. The van der Waals surface area contributed by atoms with Crippen molar-refractivity contribution in [2.45, 2.75) is 32.4 Å². The van der Waals surface area contributed by atoms with Crippen LogP contribution in [-0.4, -0.2) is 33.6 Å². The molecule has 0 fully saturated rings. The molecule has 2 rings (SSSR count). The topological polar surface area (TPSA) is 79.2 Å². The van der Waals surface area contributed by atoms with Crippen LogP contribution in [0.5, 0.6) is 0 Å². The number of amides is 2. The highest BCUT2D eigenvalue weighted by Gasteiger charge is 2.07. The van der Waals surface area contributed by atoms with Gasteiger partial charge in [0.25, 0.3) is 0 Å². The minimum atomic E-state index is -0.231. The molecule has 22 heavy (non-hydrogen) atoms. The average Bonchev–Trinajstić information content (AvgIpc) is 3.00. The number of aromatic nitrogens is 2. The monoisotopic (exact) mass is 302 g/mol. The van der Waals surface area contributed by atoms with Crippen LogP contribution in [0.2, 0.25) is 0 Å². The van der Waals surface area contributed by atoms with Crippen molar-refractivity contribution >= 4 is 11.7 Å². The highest BCUT2D eigenvalue weighted by atomic mass is 16.3. The molecule has 0 aliphatic rings. The van der Waals surface area contributed by atoms with Gasteiger partial charge in [-0.2, -0.15) is 5.10 Å². The fraction of sp³-hybridized carbons (Fsp3) is 0.375. The van der Waals surface area contributed by atoms with Crippen LogP contribution in [0.25, 0.3) is 0 Å². The quantitative estimate of drug-likeness (QED) is 0.733. The van der Waals surface area contributed by atoms with Gasteiger partial charge in [-0.1, -0.05) is 12.1 Å². The van der Waals surface area contributed by atoms with Gasteiger partial charge in [0.1, 0.15) is 0 Å². The van der Waals surface area contributed by atoms with Crippen molar-refractivity contribution in [2.75, 3.05) is 11.9 Å². The molecular weight excluding hydrogens is 280 g/mol. The van der Waals surface area contributed by atoms with Crippen LogP contribution in [-0.2, 0) is 6.54 Å². The Balaban J connectivity index is 1.81. The van der Waals surface area contributed by atoms with E-state index in [1.165, 1.54) is 0 Å². The number of nitrogens with one attached hydrogen (secondary N) is 2. The van der Waals surface area contributed by atoms with Crippen molar-refractivity contribution in [3.05, 3.63) is 48.3 Å². The van der Waals surface area contributed by atoms with Gasteiger partial charge >= 0.3 is 6.03 Å². The molecule has 6 heteroatoms. The Morgan fingerprint density at radius 2 is 2.14 bits per heavy atom. The molecule has 0 aliphatic carbocycles. The van der Waals surface area contributed by atoms with Gasteiger partial charge in [-0.25, -0.2) is 4.79 Å². The summed E-state index contributed by atoms with van der Waals surface area (Å²) in [6.45, 7) is 2.77. The number of rotatable bonds is 7. The van der Waals surface area contributed by atoms with E-state index in [4.69, 9.17) is 5.11 Å². The van der Waals surface area contributed by atoms with Gasteiger partial charge in [0.2, 0.25) is 0 Å². The largest absolute Gasteiger partial charge is 0.396 e. The van der Waals surface area contributed by atoms with Crippen LogP contribution >= 0.6 is 0 Å². The lowest BCUT2D eigenvalue weighted by atomic mass is 10.2. The first-order chi connectivity index (χ1) is 10.7. The summed E-state index contributed by atoms with van der Waals surface area (Å²) in [6.07, 6.45) is 5.10. The van der Waals surface area contributed by atoms with Gasteiger partial charge in [-0.15, -0.1) is 0 Å². The van der Waals surface area contributed by atoms with Crippen molar-refractivity contribution in [1.82, 2.24) is 15.1 Å². The van der Waals surface area contributed by atoms with Crippen LogP contribution < -0.4 is 10.6 Å². The molecule has 1 atom stereocenters. The van der Waals surface area contributed by atoms with Crippen LogP contribution in [0.3, 0.4) is 0 Å². The lowest BCUT2D eigenvalue weighted by Gasteiger charge is -2.14. The fourth-order valence-corrected chi connectivity index (χ4v) is 2.14. The van der Waals surface area contributed by atoms with Crippen molar-refractivity contribution in [3.8, 4) is 0 Å². The minimum absolute atomic E-state index is 0.0336. The smallest absolute Gasteiger partial charge is 0.319 e. The van der Waals surface area contributed by atoms with E-state index in [1.54, 1.807) is 6.20 Å². The third kappa shape index (κ3) is 5.21. The molecule has 0 saturated heterocycles. The first-order valence-corrected chi connectivity index (χ1v) is 7.42. The Labute approximate surface area is 130 Å². The van der Waals surface area contributed by atoms with Gasteiger partial charge in [-0.05, 0) is 43.5 Å². The molecule has 0 spiro atoms. The summed E-state index contributed by atoms with van der Waals surface area (Å²) in [5.74, 6) is 0. The predicted octanol–water partition coefficient (Wildman–Crippen LogP) is 2.21. The number of urea groups is 1. The summed E-state index contributed by atoms with van der Waals surface area (Å²) in [6, 6.07) is 9.36. The number of anilines is 1. The molecule has 2 amide bonds. The first kappa shape index (κ1) is 16.0. The third-order valence-corrected chi connectivity index (χ3v) is 3.29.